The first-order valence-corrected chi connectivity index (χ1v) is 25.3. The molecular weight excluding hydrogens is 803 g/mol. The molecule has 0 bridgehead atoms. The van der Waals surface area contributed by atoms with Crippen molar-refractivity contribution in [3.05, 3.63) is 24.3 Å². The minimum atomic E-state index is -4.68. The van der Waals surface area contributed by atoms with E-state index >= 15 is 0 Å². The number of allylic oxidation sites excluding steroid dienone is 3. The lowest BCUT2D eigenvalue weighted by molar-refractivity contribution is -0.161. The number of carbonyl (C=O) groups excluding carboxylic acids is 3. The third kappa shape index (κ3) is 30.7. The standard InChI is InChI=1S/C47H85O13P/c1-4-6-21-27-39(49)31-32-43-42(44(51)33-45(43)52)28-23-19-20-24-29-46(53)57-36-41(37-59-61(55,56)58-35-40(50)34-48)60-47(54)30-25-18-16-14-12-10-8-7-9-11-13-15-17-22-26-38(3)5-2/h19,23,31-32,38-44,48-51H,4-18,20-22,24-30,33-37H2,1-3H3,(H,55,56)/b23-19-,32-31+/t38?,39-,40-,41+,42+,43+,44-/m0/s1. The Labute approximate surface area is 368 Å². The average Bonchev–Trinajstić information content (AvgIpc) is 3.51. The maximum absolute atomic E-state index is 12.7. The van der Waals surface area contributed by atoms with Crippen LogP contribution in [0, 0.1) is 17.8 Å². The Hall–Kier alpha value is -1.96. The van der Waals surface area contributed by atoms with Gasteiger partial charge in [0.2, 0.25) is 0 Å². The number of aliphatic hydroxyl groups excluding tert-OH is 4. The zero-order valence-electron chi connectivity index (χ0n) is 38.0. The van der Waals surface area contributed by atoms with Gasteiger partial charge >= 0.3 is 19.8 Å². The number of ketones is 1. The molecule has 1 saturated carbocycles. The molecule has 0 aliphatic heterocycles. The molecular formula is C47H85O13P. The molecule has 0 heterocycles. The summed E-state index contributed by atoms with van der Waals surface area (Å²) >= 11 is 0. The second-order valence-electron chi connectivity index (χ2n) is 17.2. The van der Waals surface area contributed by atoms with Crippen molar-refractivity contribution in [2.45, 2.75) is 212 Å². The highest BCUT2D eigenvalue weighted by Crippen LogP contribution is 2.43. The van der Waals surface area contributed by atoms with Crippen molar-refractivity contribution in [1.29, 1.82) is 0 Å². The summed E-state index contributed by atoms with van der Waals surface area (Å²) in [6.45, 7) is 4.35. The van der Waals surface area contributed by atoms with Gasteiger partial charge in [-0.2, -0.15) is 0 Å². The number of ether oxygens (including phenoxy) is 2. The molecule has 0 aromatic rings. The molecule has 8 atom stereocenters. The van der Waals surface area contributed by atoms with E-state index in [1.165, 1.54) is 77.0 Å². The Morgan fingerprint density at radius 3 is 1.95 bits per heavy atom. The van der Waals surface area contributed by atoms with Gasteiger partial charge in [-0.25, -0.2) is 4.57 Å². The molecule has 0 radical (unpaired) electrons. The molecule has 5 N–H and O–H groups in total. The number of hydrogen-bond donors (Lipinski definition) is 5. The van der Waals surface area contributed by atoms with E-state index in [9.17, 15) is 39.2 Å². The van der Waals surface area contributed by atoms with Crippen LogP contribution in [0.3, 0.4) is 0 Å². The highest BCUT2D eigenvalue weighted by molar-refractivity contribution is 7.47. The first-order chi connectivity index (χ1) is 29.3. The molecule has 1 aliphatic rings. The number of phosphoric ester groups is 1. The van der Waals surface area contributed by atoms with E-state index in [-0.39, 0.29) is 31.0 Å². The molecule has 0 aromatic carbocycles. The second-order valence-corrected chi connectivity index (χ2v) is 18.6. The molecule has 0 aromatic heterocycles. The van der Waals surface area contributed by atoms with Crippen molar-refractivity contribution in [2.24, 2.45) is 17.8 Å². The van der Waals surface area contributed by atoms with E-state index in [1.807, 2.05) is 12.2 Å². The number of aliphatic hydroxyl groups is 4. The van der Waals surface area contributed by atoms with Crippen LogP contribution < -0.4 is 0 Å². The van der Waals surface area contributed by atoms with Gasteiger partial charge in [0.05, 0.1) is 32.0 Å². The predicted molar refractivity (Wildman–Crippen MR) is 238 cm³/mol. The molecule has 2 unspecified atom stereocenters. The first kappa shape index (κ1) is 57.1. The molecule has 1 fully saturated rings. The largest absolute Gasteiger partial charge is 0.472 e. The van der Waals surface area contributed by atoms with Gasteiger partial charge < -0.3 is 34.8 Å². The molecule has 356 valence electrons. The Kier molecular flexibility index (Phi) is 34.0. The highest BCUT2D eigenvalue weighted by atomic mass is 31.2. The molecule has 61 heavy (non-hydrogen) atoms. The molecule has 1 rings (SSSR count). The fourth-order valence-corrected chi connectivity index (χ4v) is 8.15. The number of esters is 2. The number of hydrogen-bond acceptors (Lipinski definition) is 12. The van der Waals surface area contributed by atoms with Crippen LogP contribution >= 0.6 is 7.82 Å². The second kappa shape index (κ2) is 36.4. The third-order valence-electron chi connectivity index (χ3n) is 11.5. The number of unbranched alkanes of at least 4 members (excludes halogenated alkanes) is 16. The van der Waals surface area contributed by atoms with Gasteiger partial charge in [-0.1, -0.05) is 161 Å². The van der Waals surface area contributed by atoms with E-state index in [0.29, 0.717) is 32.1 Å². The van der Waals surface area contributed by atoms with Crippen LogP contribution in [0.25, 0.3) is 0 Å². The molecule has 13 nitrogen and oxygen atoms in total. The quantitative estimate of drug-likeness (QED) is 0.0168. The highest BCUT2D eigenvalue weighted by Gasteiger charge is 2.39. The number of phosphoric acid groups is 1. The topological polar surface area (TPSA) is 206 Å². The smallest absolute Gasteiger partial charge is 0.462 e. The Morgan fingerprint density at radius 1 is 0.770 bits per heavy atom. The molecule has 0 spiro atoms. The summed E-state index contributed by atoms with van der Waals surface area (Å²) in [4.78, 5) is 47.8. The van der Waals surface area contributed by atoms with Crippen molar-refractivity contribution in [2.75, 3.05) is 26.4 Å². The lowest BCUT2D eigenvalue weighted by Gasteiger charge is -2.20. The van der Waals surface area contributed by atoms with Crippen LogP contribution in [-0.4, -0.2) is 93.9 Å². The summed E-state index contributed by atoms with van der Waals surface area (Å²) in [6.07, 6.45) is 27.9. The van der Waals surface area contributed by atoms with E-state index in [0.717, 1.165) is 44.4 Å². The summed E-state index contributed by atoms with van der Waals surface area (Å²) in [5.41, 5.74) is 0. The van der Waals surface area contributed by atoms with Crippen LogP contribution in [0.4, 0.5) is 0 Å². The van der Waals surface area contributed by atoms with Crippen molar-refractivity contribution in [3.8, 4) is 0 Å². The van der Waals surface area contributed by atoms with Crippen molar-refractivity contribution >= 4 is 25.5 Å². The van der Waals surface area contributed by atoms with Gasteiger partial charge in [-0.15, -0.1) is 0 Å². The molecule has 0 amide bonds. The van der Waals surface area contributed by atoms with Crippen LogP contribution in [0.1, 0.15) is 188 Å². The molecule has 0 saturated heterocycles. The maximum atomic E-state index is 12.7. The van der Waals surface area contributed by atoms with E-state index in [4.69, 9.17) is 19.1 Å². The summed E-state index contributed by atoms with van der Waals surface area (Å²) < 4.78 is 32.7. The summed E-state index contributed by atoms with van der Waals surface area (Å²) in [5.74, 6) is -1.04. The van der Waals surface area contributed by atoms with Crippen molar-refractivity contribution < 1.29 is 62.8 Å². The summed E-state index contributed by atoms with van der Waals surface area (Å²) in [7, 11) is -4.68. The Morgan fingerprint density at radius 2 is 1.34 bits per heavy atom. The Balaban J connectivity index is 2.41. The van der Waals surface area contributed by atoms with Crippen LogP contribution in [0.5, 0.6) is 0 Å². The summed E-state index contributed by atoms with van der Waals surface area (Å²) in [6, 6.07) is 0. The van der Waals surface area contributed by atoms with E-state index < -0.39 is 76.5 Å². The summed E-state index contributed by atoms with van der Waals surface area (Å²) in [5, 5.41) is 39.1. The van der Waals surface area contributed by atoms with Gasteiger partial charge in [-0.3, -0.25) is 23.4 Å². The number of carbonyl (C=O) groups is 3. The fourth-order valence-electron chi connectivity index (χ4n) is 7.36. The SMILES string of the molecule is CCCCC[C@H](O)/C=C/[C@H]1C(=O)C[C@H](O)[C@@H]1C/C=C\CCCC(=O)OC[C@H](COP(=O)(O)OC[C@@H](O)CO)OC(=O)CCCCCCCCCCCCCCCCC(C)CC. The zero-order valence-corrected chi connectivity index (χ0v) is 38.9. The minimum absolute atomic E-state index is 0.0416. The van der Waals surface area contributed by atoms with Crippen LogP contribution in [-0.2, 0) is 37.5 Å². The van der Waals surface area contributed by atoms with Crippen molar-refractivity contribution in [1.82, 2.24) is 0 Å². The van der Waals surface area contributed by atoms with Crippen molar-refractivity contribution in [3.63, 3.8) is 0 Å². The minimum Gasteiger partial charge on any atom is -0.462 e. The molecule has 14 heteroatoms. The predicted octanol–water partition coefficient (Wildman–Crippen LogP) is 9.40. The molecule has 1 aliphatic carbocycles. The first-order valence-electron chi connectivity index (χ1n) is 23.8. The zero-order chi connectivity index (χ0) is 45.1. The number of rotatable bonds is 40. The normalized spacial score (nSPS) is 19.9. The van der Waals surface area contributed by atoms with E-state index in [1.54, 1.807) is 12.2 Å². The van der Waals surface area contributed by atoms with Gasteiger partial charge in [0.15, 0.2) is 6.10 Å². The third-order valence-corrected chi connectivity index (χ3v) is 12.5. The van der Waals surface area contributed by atoms with Gasteiger partial charge in [0.1, 0.15) is 18.5 Å². The van der Waals surface area contributed by atoms with Gasteiger partial charge in [0, 0.05) is 31.1 Å². The monoisotopic (exact) mass is 889 g/mol. The lowest BCUT2D eigenvalue weighted by atomic mass is 9.90. The Bertz CT molecular complexity index is 1240. The van der Waals surface area contributed by atoms with Crippen LogP contribution in [0.2, 0.25) is 0 Å². The van der Waals surface area contributed by atoms with E-state index in [2.05, 4.69) is 25.3 Å². The van der Waals surface area contributed by atoms with Gasteiger partial charge in [0.25, 0.3) is 0 Å². The number of Topliss-reactive ketones (excluding diaryl/α,β-unsaturated/α-hetero) is 1. The van der Waals surface area contributed by atoms with Crippen LogP contribution in [0.15, 0.2) is 24.3 Å². The lowest BCUT2D eigenvalue weighted by Crippen LogP contribution is -2.29. The average molecular weight is 889 g/mol. The maximum Gasteiger partial charge on any atom is 0.472 e. The van der Waals surface area contributed by atoms with Gasteiger partial charge in [-0.05, 0) is 38.0 Å². The fraction of sp³-hybridized carbons (Fsp3) is 0.851.